The maximum absolute atomic E-state index is 12.2. The number of carbonyl (C=O) groups excluding carboxylic acids is 2. The van der Waals surface area contributed by atoms with Crippen LogP contribution in [0.3, 0.4) is 0 Å². The Morgan fingerprint density at radius 2 is 1.90 bits per heavy atom. The number of primary amides is 1. The number of nitrogens with two attached hydrogens (primary N) is 1. The number of hydrogen-bond donors (Lipinski definition) is 2. The Morgan fingerprint density at radius 1 is 1.25 bits per heavy atom. The Balaban J connectivity index is 2.01. The number of pyridine rings is 1. The standard InChI is InChI=1S/C13H15N3O4/c14-11(17)8-3-5-16(6-4-8)12(18)10-2-1-9(7-15-10)13(19)20/h1-2,7-8H,3-6H2,(H2,14,17)(H,19,20). The van der Waals surface area contributed by atoms with Crippen LogP contribution in [-0.4, -0.2) is 45.9 Å². The van der Waals surface area contributed by atoms with Crippen molar-refractivity contribution in [3.63, 3.8) is 0 Å². The fraction of sp³-hybridized carbons (Fsp3) is 0.385. The molecule has 2 heterocycles. The van der Waals surface area contributed by atoms with Gasteiger partial charge in [-0.25, -0.2) is 4.79 Å². The summed E-state index contributed by atoms with van der Waals surface area (Å²) in [5.41, 5.74) is 5.47. The molecule has 0 unspecified atom stereocenters. The topological polar surface area (TPSA) is 114 Å². The Kier molecular flexibility index (Phi) is 3.97. The molecule has 1 aliphatic rings. The van der Waals surface area contributed by atoms with E-state index >= 15 is 0 Å². The molecule has 0 bridgehead atoms. The van der Waals surface area contributed by atoms with Crippen LogP contribution in [0.2, 0.25) is 0 Å². The van der Waals surface area contributed by atoms with E-state index < -0.39 is 5.97 Å². The molecular weight excluding hydrogens is 262 g/mol. The van der Waals surface area contributed by atoms with Crippen LogP contribution in [0, 0.1) is 5.92 Å². The van der Waals surface area contributed by atoms with Crippen LogP contribution in [-0.2, 0) is 4.79 Å². The molecule has 106 valence electrons. The molecule has 0 aliphatic carbocycles. The van der Waals surface area contributed by atoms with Crippen LogP contribution in [0.4, 0.5) is 0 Å². The average Bonchev–Trinajstić information content (AvgIpc) is 2.46. The van der Waals surface area contributed by atoms with Crippen LogP contribution >= 0.6 is 0 Å². The number of amides is 2. The van der Waals surface area contributed by atoms with Gasteiger partial charge in [0.2, 0.25) is 5.91 Å². The maximum atomic E-state index is 12.2. The molecule has 0 atom stereocenters. The Labute approximate surface area is 115 Å². The van der Waals surface area contributed by atoms with Gasteiger partial charge in [0, 0.05) is 25.2 Å². The lowest BCUT2D eigenvalue weighted by molar-refractivity contribution is -0.123. The van der Waals surface area contributed by atoms with Crippen molar-refractivity contribution in [2.24, 2.45) is 11.7 Å². The third-order valence-corrected chi connectivity index (χ3v) is 3.41. The largest absolute Gasteiger partial charge is 0.478 e. The van der Waals surface area contributed by atoms with Crippen molar-refractivity contribution in [2.45, 2.75) is 12.8 Å². The van der Waals surface area contributed by atoms with Gasteiger partial charge in [0.25, 0.3) is 5.91 Å². The highest BCUT2D eigenvalue weighted by Gasteiger charge is 2.26. The van der Waals surface area contributed by atoms with E-state index in [2.05, 4.69) is 4.98 Å². The van der Waals surface area contributed by atoms with Gasteiger partial charge in [-0.05, 0) is 25.0 Å². The number of aromatic carboxylic acids is 1. The number of rotatable bonds is 3. The van der Waals surface area contributed by atoms with E-state index in [1.165, 1.54) is 12.1 Å². The summed E-state index contributed by atoms with van der Waals surface area (Å²) in [6.07, 6.45) is 2.26. The third-order valence-electron chi connectivity index (χ3n) is 3.41. The predicted molar refractivity (Wildman–Crippen MR) is 69.0 cm³/mol. The quantitative estimate of drug-likeness (QED) is 0.814. The molecule has 0 spiro atoms. The minimum atomic E-state index is -1.08. The molecule has 0 radical (unpaired) electrons. The normalized spacial score (nSPS) is 15.9. The molecule has 0 saturated carbocycles. The summed E-state index contributed by atoms with van der Waals surface area (Å²) in [7, 11) is 0. The predicted octanol–water partition coefficient (Wildman–Crippen LogP) is 0.117. The number of piperidine rings is 1. The van der Waals surface area contributed by atoms with Crippen molar-refractivity contribution in [1.29, 1.82) is 0 Å². The highest BCUT2D eigenvalue weighted by atomic mass is 16.4. The number of carboxylic acids is 1. The van der Waals surface area contributed by atoms with E-state index in [9.17, 15) is 14.4 Å². The Morgan fingerprint density at radius 3 is 2.35 bits per heavy atom. The van der Waals surface area contributed by atoms with Gasteiger partial charge in [0.05, 0.1) is 5.56 Å². The van der Waals surface area contributed by atoms with Crippen LogP contribution in [0.5, 0.6) is 0 Å². The van der Waals surface area contributed by atoms with Gasteiger partial charge in [-0.2, -0.15) is 0 Å². The monoisotopic (exact) mass is 277 g/mol. The molecule has 1 saturated heterocycles. The summed E-state index contributed by atoms with van der Waals surface area (Å²) in [5.74, 6) is -1.86. The maximum Gasteiger partial charge on any atom is 0.337 e. The zero-order valence-corrected chi connectivity index (χ0v) is 10.8. The Bertz CT molecular complexity index is 533. The molecule has 1 fully saturated rings. The van der Waals surface area contributed by atoms with Gasteiger partial charge < -0.3 is 15.7 Å². The van der Waals surface area contributed by atoms with E-state index in [-0.39, 0.29) is 29.0 Å². The van der Waals surface area contributed by atoms with Crippen molar-refractivity contribution in [3.8, 4) is 0 Å². The summed E-state index contributed by atoms with van der Waals surface area (Å²) in [6.45, 7) is 0.906. The van der Waals surface area contributed by atoms with Gasteiger partial charge in [0.1, 0.15) is 5.69 Å². The fourth-order valence-electron chi connectivity index (χ4n) is 2.18. The van der Waals surface area contributed by atoms with Gasteiger partial charge in [-0.15, -0.1) is 0 Å². The summed E-state index contributed by atoms with van der Waals surface area (Å²) >= 11 is 0. The molecule has 20 heavy (non-hydrogen) atoms. The first kappa shape index (κ1) is 14.0. The first-order valence-electron chi connectivity index (χ1n) is 6.27. The van der Waals surface area contributed by atoms with Crippen LogP contribution in [0.15, 0.2) is 18.3 Å². The number of hydrogen-bond acceptors (Lipinski definition) is 4. The minimum Gasteiger partial charge on any atom is -0.478 e. The Hall–Kier alpha value is -2.44. The van der Waals surface area contributed by atoms with Crippen molar-refractivity contribution in [2.75, 3.05) is 13.1 Å². The number of carboxylic acid groups (broad SMARTS) is 1. The molecule has 7 heteroatoms. The zero-order valence-electron chi connectivity index (χ0n) is 10.8. The molecule has 1 aromatic rings. The van der Waals surface area contributed by atoms with E-state index in [1.807, 2.05) is 0 Å². The molecule has 1 aliphatic heterocycles. The number of carbonyl (C=O) groups is 3. The van der Waals surface area contributed by atoms with E-state index in [0.717, 1.165) is 6.20 Å². The summed E-state index contributed by atoms with van der Waals surface area (Å²) < 4.78 is 0. The lowest BCUT2D eigenvalue weighted by Gasteiger charge is -2.30. The summed E-state index contributed by atoms with van der Waals surface area (Å²) in [5, 5.41) is 8.77. The fourth-order valence-corrected chi connectivity index (χ4v) is 2.18. The molecule has 1 aromatic heterocycles. The van der Waals surface area contributed by atoms with Crippen LogP contribution in [0.25, 0.3) is 0 Å². The van der Waals surface area contributed by atoms with Crippen molar-refractivity contribution in [3.05, 3.63) is 29.6 Å². The van der Waals surface area contributed by atoms with Gasteiger partial charge in [-0.3, -0.25) is 14.6 Å². The second-order valence-corrected chi connectivity index (χ2v) is 4.71. The van der Waals surface area contributed by atoms with Gasteiger partial charge in [-0.1, -0.05) is 0 Å². The average molecular weight is 277 g/mol. The number of nitrogens with zero attached hydrogens (tertiary/aromatic N) is 2. The molecule has 0 aromatic carbocycles. The summed E-state index contributed by atoms with van der Waals surface area (Å²) in [4.78, 5) is 39.4. The lowest BCUT2D eigenvalue weighted by atomic mass is 9.96. The van der Waals surface area contributed by atoms with E-state index in [0.29, 0.717) is 25.9 Å². The third kappa shape index (κ3) is 2.93. The molecule has 3 N–H and O–H groups in total. The van der Waals surface area contributed by atoms with Crippen molar-refractivity contribution >= 4 is 17.8 Å². The SMILES string of the molecule is NC(=O)C1CCN(C(=O)c2ccc(C(=O)O)cn2)CC1. The molecular formula is C13H15N3O4. The van der Waals surface area contributed by atoms with E-state index in [1.54, 1.807) is 4.90 Å². The summed E-state index contributed by atoms with van der Waals surface area (Å²) in [6, 6.07) is 2.74. The first-order chi connectivity index (χ1) is 9.49. The second kappa shape index (κ2) is 5.68. The smallest absolute Gasteiger partial charge is 0.337 e. The first-order valence-corrected chi connectivity index (χ1v) is 6.27. The number of likely N-dealkylation sites (tertiary alicyclic amines) is 1. The number of aromatic nitrogens is 1. The molecule has 2 rings (SSSR count). The van der Waals surface area contributed by atoms with Gasteiger partial charge >= 0.3 is 5.97 Å². The highest BCUT2D eigenvalue weighted by molar-refractivity contribution is 5.94. The molecule has 2 amide bonds. The van der Waals surface area contributed by atoms with Crippen LogP contribution in [0.1, 0.15) is 33.7 Å². The zero-order chi connectivity index (χ0) is 14.7. The van der Waals surface area contributed by atoms with Crippen molar-refractivity contribution < 1.29 is 19.5 Å². The van der Waals surface area contributed by atoms with Crippen LogP contribution < -0.4 is 5.73 Å². The molecule has 7 nitrogen and oxygen atoms in total. The highest BCUT2D eigenvalue weighted by Crippen LogP contribution is 2.18. The van der Waals surface area contributed by atoms with E-state index in [4.69, 9.17) is 10.8 Å². The lowest BCUT2D eigenvalue weighted by Crippen LogP contribution is -2.42. The second-order valence-electron chi connectivity index (χ2n) is 4.71. The van der Waals surface area contributed by atoms with Gasteiger partial charge in [0.15, 0.2) is 0 Å². The minimum absolute atomic E-state index is 0.0361. The van der Waals surface area contributed by atoms with Crippen molar-refractivity contribution in [1.82, 2.24) is 9.88 Å².